The molecule has 0 aliphatic carbocycles. The molecule has 7 heteroatoms. The monoisotopic (exact) mass is 362 g/mol. The summed E-state index contributed by atoms with van der Waals surface area (Å²) in [6.07, 6.45) is 0.689. The van der Waals surface area contributed by atoms with Crippen molar-refractivity contribution in [1.29, 1.82) is 0 Å². The molecule has 0 aromatic heterocycles. The number of hydrogen-bond donors (Lipinski definition) is 2. The lowest BCUT2D eigenvalue weighted by molar-refractivity contribution is 0.0948. The van der Waals surface area contributed by atoms with Gasteiger partial charge in [-0.3, -0.25) is 9.52 Å². The van der Waals surface area contributed by atoms with Crippen molar-refractivity contribution in [3.63, 3.8) is 0 Å². The van der Waals surface area contributed by atoms with Gasteiger partial charge in [-0.1, -0.05) is 24.3 Å². The Bertz CT molecular complexity index is 820. The SMILES string of the molecule is COCCCNC(=O)c1ccc(C)c(S(=O)(=O)Nc2ccccc2)c1. The number of para-hydroxylation sites is 1. The van der Waals surface area contributed by atoms with Gasteiger partial charge in [0.05, 0.1) is 4.90 Å². The summed E-state index contributed by atoms with van der Waals surface area (Å²) in [5, 5.41) is 2.75. The minimum Gasteiger partial charge on any atom is -0.385 e. The van der Waals surface area contributed by atoms with Crippen LogP contribution in [0.15, 0.2) is 53.4 Å². The molecule has 1 amide bonds. The third kappa shape index (κ3) is 5.30. The zero-order valence-corrected chi connectivity index (χ0v) is 15.1. The molecule has 2 aromatic rings. The average molecular weight is 362 g/mol. The van der Waals surface area contributed by atoms with E-state index in [9.17, 15) is 13.2 Å². The summed E-state index contributed by atoms with van der Waals surface area (Å²) in [7, 11) is -2.18. The van der Waals surface area contributed by atoms with E-state index in [1.165, 1.54) is 6.07 Å². The van der Waals surface area contributed by atoms with Gasteiger partial charge >= 0.3 is 0 Å². The molecule has 2 N–H and O–H groups in total. The molecule has 0 atom stereocenters. The Labute approximate surface area is 148 Å². The largest absolute Gasteiger partial charge is 0.385 e. The summed E-state index contributed by atoms with van der Waals surface area (Å²) < 4.78 is 32.7. The molecule has 25 heavy (non-hydrogen) atoms. The summed E-state index contributed by atoms with van der Waals surface area (Å²) in [5.74, 6) is -0.313. The molecule has 0 aliphatic heterocycles. The van der Waals surface area contributed by atoms with Crippen LogP contribution >= 0.6 is 0 Å². The molecule has 0 aliphatic rings. The second-order valence-corrected chi connectivity index (χ2v) is 7.20. The third-order valence-electron chi connectivity index (χ3n) is 3.58. The van der Waals surface area contributed by atoms with Gasteiger partial charge in [-0.25, -0.2) is 8.42 Å². The predicted octanol–water partition coefficient (Wildman–Crippen LogP) is 2.56. The summed E-state index contributed by atoms with van der Waals surface area (Å²) in [6, 6.07) is 13.3. The molecule has 0 heterocycles. The molecular weight excluding hydrogens is 340 g/mol. The van der Waals surface area contributed by atoms with Crippen LogP contribution in [-0.2, 0) is 14.8 Å². The first kappa shape index (κ1) is 19.0. The number of ether oxygens (including phenoxy) is 1. The number of methoxy groups -OCH3 is 1. The molecule has 0 radical (unpaired) electrons. The van der Waals surface area contributed by atoms with E-state index in [-0.39, 0.29) is 10.8 Å². The molecule has 0 fully saturated rings. The zero-order chi connectivity index (χ0) is 18.3. The smallest absolute Gasteiger partial charge is 0.262 e. The predicted molar refractivity (Wildman–Crippen MR) is 97.3 cm³/mol. The fourth-order valence-electron chi connectivity index (χ4n) is 2.27. The van der Waals surface area contributed by atoms with Gasteiger partial charge in [-0.05, 0) is 43.2 Å². The number of amides is 1. The van der Waals surface area contributed by atoms with Crippen molar-refractivity contribution in [2.45, 2.75) is 18.2 Å². The second kappa shape index (κ2) is 8.64. The Kier molecular flexibility index (Phi) is 6.55. The molecule has 6 nitrogen and oxygen atoms in total. The summed E-state index contributed by atoms with van der Waals surface area (Å²) in [4.78, 5) is 12.3. The Hall–Kier alpha value is -2.38. The Morgan fingerprint density at radius 3 is 2.52 bits per heavy atom. The van der Waals surface area contributed by atoms with E-state index >= 15 is 0 Å². The fourth-order valence-corrected chi connectivity index (χ4v) is 3.60. The van der Waals surface area contributed by atoms with Gasteiger partial charge in [0, 0.05) is 31.5 Å². The van der Waals surface area contributed by atoms with E-state index in [1.54, 1.807) is 56.5 Å². The number of rotatable bonds is 8. The first-order valence-electron chi connectivity index (χ1n) is 7.89. The molecule has 134 valence electrons. The highest BCUT2D eigenvalue weighted by Crippen LogP contribution is 2.20. The maximum Gasteiger partial charge on any atom is 0.262 e. The van der Waals surface area contributed by atoms with E-state index in [1.807, 2.05) is 0 Å². The molecule has 2 rings (SSSR count). The third-order valence-corrected chi connectivity index (χ3v) is 5.10. The molecule has 0 saturated carbocycles. The number of sulfonamides is 1. The van der Waals surface area contributed by atoms with E-state index in [0.717, 1.165) is 0 Å². The number of benzene rings is 2. The van der Waals surface area contributed by atoms with Crippen molar-refractivity contribution in [3.8, 4) is 0 Å². The highest BCUT2D eigenvalue weighted by atomic mass is 32.2. The Morgan fingerprint density at radius 1 is 1.12 bits per heavy atom. The Morgan fingerprint density at radius 2 is 1.84 bits per heavy atom. The number of carbonyl (C=O) groups is 1. The normalized spacial score (nSPS) is 11.1. The van der Waals surface area contributed by atoms with E-state index < -0.39 is 10.0 Å². The van der Waals surface area contributed by atoms with Gasteiger partial charge in [0.15, 0.2) is 0 Å². The van der Waals surface area contributed by atoms with Gasteiger partial charge in [0.2, 0.25) is 0 Å². The standard InChI is InChI=1S/C18H22N2O4S/c1-14-9-10-15(18(21)19-11-6-12-24-2)13-17(14)25(22,23)20-16-7-4-3-5-8-16/h3-5,7-10,13,20H,6,11-12H2,1-2H3,(H,19,21). The highest BCUT2D eigenvalue weighted by Gasteiger charge is 2.19. The van der Waals surface area contributed by atoms with Crippen LogP contribution in [0.5, 0.6) is 0 Å². The van der Waals surface area contributed by atoms with Gasteiger partial charge < -0.3 is 10.1 Å². The summed E-state index contributed by atoms with van der Waals surface area (Å²) in [6.45, 7) is 2.71. The molecule has 0 saturated heterocycles. The second-order valence-electron chi connectivity index (χ2n) is 5.55. The first-order valence-corrected chi connectivity index (χ1v) is 9.38. The topological polar surface area (TPSA) is 84.5 Å². The van der Waals surface area contributed by atoms with E-state index in [2.05, 4.69) is 10.0 Å². The lowest BCUT2D eigenvalue weighted by Crippen LogP contribution is -2.25. The summed E-state index contributed by atoms with van der Waals surface area (Å²) >= 11 is 0. The van der Waals surface area contributed by atoms with Crippen molar-refractivity contribution in [3.05, 3.63) is 59.7 Å². The van der Waals surface area contributed by atoms with Crippen molar-refractivity contribution in [2.75, 3.05) is 25.0 Å². The van der Waals surface area contributed by atoms with E-state index in [0.29, 0.717) is 36.4 Å². The van der Waals surface area contributed by atoms with Crippen molar-refractivity contribution >= 4 is 21.6 Å². The van der Waals surface area contributed by atoms with Crippen LogP contribution in [0.1, 0.15) is 22.3 Å². The van der Waals surface area contributed by atoms with E-state index in [4.69, 9.17) is 4.74 Å². The number of nitrogens with one attached hydrogen (secondary N) is 2. The van der Waals surface area contributed by atoms with Crippen LogP contribution in [0.4, 0.5) is 5.69 Å². The lowest BCUT2D eigenvalue weighted by atomic mass is 10.1. The van der Waals surface area contributed by atoms with Gasteiger partial charge in [0.25, 0.3) is 15.9 Å². The van der Waals surface area contributed by atoms with Gasteiger partial charge in [0.1, 0.15) is 0 Å². The van der Waals surface area contributed by atoms with Gasteiger partial charge in [-0.2, -0.15) is 0 Å². The fraction of sp³-hybridized carbons (Fsp3) is 0.278. The minimum atomic E-state index is -3.78. The number of aryl methyl sites for hydroxylation is 1. The number of anilines is 1. The zero-order valence-electron chi connectivity index (χ0n) is 14.3. The van der Waals surface area contributed by atoms with Crippen LogP contribution in [-0.4, -0.2) is 34.6 Å². The molecule has 2 aromatic carbocycles. The first-order chi connectivity index (χ1) is 11.9. The van der Waals surface area contributed by atoms with Crippen LogP contribution < -0.4 is 10.0 Å². The molecule has 0 bridgehead atoms. The van der Waals surface area contributed by atoms with Gasteiger partial charge in [-0.15, -0.1) is 0 Å². The van der Waals surface area contributed by atoms with Crippen LogP contribution in [0.3, 0.4) is 0 Å². The maximum atomic E-state index is 12.6. The molecule has 0 spiro atoms. The van der Waals surface area contributed by atoms with Crippen LogP contribution in [0.25, 0.3) is 0 Å². The van der Waals surface area contributed by atoms with Crippen molar-refractivity contribution < 1.29 is 17.9 Å². The van der Waals surface area contributed by atoms with Crippen molar-refractivity contribution in [1.82, 2.24) is 5.32 Å². The lowest BCUT2D eigenvalue weighted by Gasteiger charge is -2.12. The average Bonchev–Trinajstić information content (AvgIpc) is 2.59. The highest BCUT2D eigenvalue weighted by molar-refractivity contribution is 7.92. The van der Waals surface area contributed by atoms with Crippen LogP contribution in [0, 0.1) is 6.92 Å². The Balaban J connectivity index is 2.19. The minimum absolute atomic E-state index is 0.0842. The number of carbonyl (C=O) groups excluding carboxylic acids is 1. The maximum absolute atomic E-state index is 12.6. The quantitative estimate of drug-likeness (QED) is 0.707. The number of hydrogen-bond acceptors (Lipinski definition) is 4. The summed E-state index contributed by atoms with van der Waals surface area (Å²) in [5.41, 5.74) is 1.34. The van der Waals surface area contributed by atoms with Crippen molar-refractivity contribution in [2.24, 2.45) is 0 Å². The van der Waals surface area contributed by atoms with Crippen LogP contribution in [0.2, 0.25) is 0 Å². The molecular formula is C18H22N2O4S. The molecule has 0 unspecified atom stereocenters.